The van der Waals surface area contributed by atoms with Crippen LogP contribution in [-0.2, 0) is 9.59 Å². The summed E-state index contributed by atoms with van der Waals surface area (Å²) >= 11 is 1.91. The van der Waals surface area contributed by atoms with Crippen LogP contribution in [0.5, 0.6) is 0 Å². The van der Waals surface area contributed by atoms with E-state index in [-0.39, 0.29) is 12.3 Å². The van der Waals surface area contributed by atoms with Gasteiger partial charge in [-0.3, -0.25) is 14.6 Å². The van der Waals surface area contributed by atoms with Gasteiger partial charge in [-0.25, -0.2) is 0 Å². The topological polar surface area (TPSA) is 79.0 Å². The molecule has 26 heavy (non-hydrogen) atoms. The molecule has 0 aromatic heterocycles. The van der Waals surface area contributed by atoms with Gasteiger partial charge in [-0.15, -0.1) is 0 Å². The summed E-state index contributed by atoms with van der Waals surface area (Å²) in [5.41, 5.74) is 6.77. The molecule has 2 aliphatic rings. The monoisotopic (exact) mass is 374 g/mol. The minimum absolute atomic E-state index is 0.0571. The second kappa shape index (κ2) is 8.58. The second-order valence-electron chi connectivity index (χ2n) is 6.67. The van der Waals surface area contributed by atoms with E-state index >= 15 is 0 Å². The van der Waals surface area contributed by atoms with E-state index in [0.29, 0.717) is 11.0 Å². The van der Waals surface area contributed by atoms with E-state index in [1.807, 2.05) is 47.0 Å². The van der Waals surface area contributed by atoms with E-state index in [0.717, 1.165) is 43.8 Å². The van der Waals surface area contributed by atoms with Gasteiger partial charge in [0, 0.05) is 24.8 Å². The molecule has 2 heterocycles. The first kappa shape index (κ1) is 18.8. The van der Waals surface area contributed by atoms with Crippen LogP contribution in [0.1, 0.15) is 32.6 Å². The van der Waals surface area contributed by atoms with Crippen LogP contribution in [0.3, 0.4) is 0 Å². The Labute approximate surface area is 158 Å². The van der Waals surface area contributed by atoms with E-state index in [1.165, 1.54) is 0 Å². The fourth-order valence-electron chi connectivity index (χ4n) is 3.52. The molecule has 0 saturated carbocycles. The summed E-state index contributed by atoms with van der Waals surface area (Å²) in [4.78, 5) is 26.9. The molecule has 3 rings (SSSR count). The highest BCUT2D eigenvalue weighted by Crippen LogP contribution is 2.26. The normalized spacial score (nSPS) is 23.5. The molecule has 0 aliphatic carbocycles. The maximum absolute atomic E-state index is 13.1. The average Bonchev–Trinajstić information content (AvgIpc) is 2.97. The van der Waals surface area contributed by atoms with Crippen molar-refractivity contribution in [3.05, 3.63) is 30.3 Å². The molecule has 7 heteroatoms. The number of rotatable bonds is 5. The first-order valence-electron chi connectivity index (χ1n) is 9.22. The second-order valence-corrected chi connectivity index (χ2v) is 8.25. The number of carbonyl (C=O) groups is 2. The predicted molar refractivity (Wildman–Crippen MR) is 106 cm³/mol. The van der Waals surface area contributed by atoms with Crippen molar-refractivity contribution in [2.75, 3.05) is 23.9 Å². The van der Waals surface area contributed by atoms with Crippen LogP contribution in [0.4, 0.5) is 5.69 Å². The van der Waals surface area contributed by atoms with Crippen LogP contribution in [-0.4, -0.2) is 52.6 Å². The number of hydrogen-bond donors (Lipinski definition) is 1. The average molecular weight is 375 g/mol. The number of carbonyl (C=O) groups excluding carboxylic acids is 2. The highest BCUT2D eigenvalue weighted by Gasteiger charge is 2.37. The van der Waals surface area contributed by atoms with Crippen LogP contribution in [0, 0.1) is 0 Å². The van der Waals surface area contributed by atoms with Crippen molar-refractivity contribution in [1.82, 2.24) is 4.90 Å². The Balaban J connectivity index is 1.79. The number of thioether (sulfide) groups is 1. The number of para-hydroxylation sites is 1. The van der Waals surface area contributed by atoms with E-state index in [2.05, 4.69) is 12.0 Å². The van der Waals surface area contributed by atoms with Crippen molar-refractivity contribution in [2.45, 2.75) is 43.9 Å². The van der Waals surface area contributed by atoms with Gasteiger partial charge in [-0.05, 0) is 30.7 Å². The first-order valence-corrected chi connectivity index (χ1v) is 10.3. The Morgan fingerprint density at radius 2 is 2.04 bits per heavy atom. The van der Waals surface area contributed by atoms with Gasteiger partial charge in [0.1, 0.15) is 11.8 Å². The maximum Gasteiger partial charge on any atom is 0.270 e. The van der Waals surface area contributed by atoms with Gasteiger partial charge in [0.05, 0.1) is 5.69 Å². The van der Waals surface area contributed by atoms with Gasteiger partial charge in [-0.2, -0.15) is 16.9 Å². The van der Waals surface area contributed by atoms with Crippen LogP contribution in [0.15, 0.2) is 35.4 Å². The number of primary amides is 1. The third kappa shape index (κ3) is 4.20. The molecule has 1 aromatic rings. The van der Waals surface area contributed by atoms with E-state index < -0.39 is 11.9 Å². The summed E-state index contributed by atoms with van der Waals surface area (Å²) in [6.45, 7) is 3.66. The van der Waals surface area contributed by atoms with Crippen molar-refractivity contribution < 1.29 is 9.59 Å². The van der Waals surface area contributed by atoms with Gasteiger partial charge >= 0.3 is 0 Å². The number of amides is 2. The SMILES string of the molecule is CCSC1CCCCN(C(=O)C2=NN(c3ccccc3)C(C(N)=O)C2)C1. The molecule has 2 unspecified atom stereocenters. The number of anilines is 1. The zero-order chi connectivity index (χ0) is 18.5. The van der Waals surface area contributed by atoms with Gasteiger partial charge in [-0.1, -0.05) is 31.5 Å². The minimum atomic E-state index is -0.607. The first-order chi connectivity index (χ1) is 12.6. The fraction of sp³-hybridized carbons (Fsp3) is 0.526. The Morgan fingerprint density at radius 3 is 2.73 bits per heavy atom. The minimum Gasteiger partial charge on any atom is -0.368 e. The fourth-order valence-corrected chi connectivity index (χ4v) is 4.61. The zero-order valence-electron chi connectivity index (χ0n) is 15.1. The Bertz CT molecular complexity index is 679. The third-order valence-electron chi connectivity index (χ3n) is 4.82. The van der Waals surface area contributed by atoms with Gasteiger partial charge < -0.3 is 10.6 Å². The molecule has 1 saturated heterocycles. The third-order valence-corrected chi connectivity index (χ3v) is 6.01. The van der Waals surface area contributed by atoms with E-state index in [1.54, 1.807) is 5.01 Å². The summed E-state index contributed by atoms with van der Waals surface area (Å²) in [6.07, 6.45) is 3.58. The van der Waals surface area contributed by atoms with Gasteiger partial charge in [0.2, 0.25) is 5.91 Å². The van der Waals surface area contributed by atoms with Crippen molar-refractivity contribution in [2.24, 2.45) is 10.8 Å². The Morgan fingerprint density at radius 1 is 1.27 bits per heavy atom. The number of hydrazone groups is 1. The van der Waals surface area contributed by atoms with Crippen LogP contribution >= 0.6 is 11.8 Å². The molecule has 0 bridgehead atoms. The van der Waals surface area contributed by atoms with Crippen LogP contribution < -0.4 is 10.7 Å². The van der Waals surface area contributed by atoms with E-state index in [4.69, 9.17) is 5.73 Å². The smallest absolute Gasteiger partial charge is 0.270 e. The summed E-state index contributed by atoms with van der Waals surface area (Å²) in [5.74, 6) is 0.535. The Kier molecular flexibility index (Phi) is 6.19. The lowest BCUT2D eigenvalue weighted by atomic mass is 10.1. The zero-order valence-corrected chi connectivity index (χ0v) is 16.0. The number of benzene rings is 1. The number of likely N-dealkylation sites (tertiary alicyclic amines) is 1. The summed E-state index contributed by atoms with van der Waals surface area (Å²) in [6, 6.07) is 8.79. The standard InChI is InChI=1S/C19H26N4O2S/c1-2-26-15-10-6-7-11-22(13-15)19(25)16-12-17(18(20)24)23(21-16)14-8-4-3-5-9-14/h3-5,8-9,15,17H,2,6-7,10-13H2,1H3,(H2,20,24). The highest BCUT2D eigenvalue weighted by molar-refractivity contribution is 7.99. The number of nitrogens with zero attached hydrogens (tertiary/aromatic N) is 3. The highest BCUT2D eigenvalue weighted by atomic mass is 32.2. The molecule has 2 amide bonds. The molecule has 0 radical (unpaired) electrons. The Hall–Kier alpha value is -2.02. The molecule has 0 spiro atoms. The largest absolute Gasteiger partial charge is 0.368 e. The maximum atomic E-state index is 13.1. The predicted octanol–water partition coefficient (Wildman–Crippen LogP) is 2.24. The molecule has 1 aromatic carbocycles. The van der Waals surface area contributed by atoms with Crippen LogP contribution in [0.25, 0.3) is 0 Å². The van der Waals surface area contributed by atoms with Crippen molar-refractivity contribution in [3.63, 3.8) is 0 Å². The lowest BCUT2D eigenvalue weighted by Crippen LogP contribution is -2.41. The molecule has 140 valence electrons. The molecule has 1 fully saturated rings. The number of nitrogens with two attached hydrogens (primary N) is 1. The molecule has 2 aliphatic heterocycles. The molecular weight excluding hydrogens is 348 g/mol. The molecule has 2 atom stereocenters. The summed E-state index contributed by atoms with van der Waals surface area (Å²) in [7, 11) is 0. The lowest BCUT2D eigenvalue weighted by molar-refractivity contribution is -0.124. The molecule has 2 N–H and O–H groups in total. The molecular formula is C19H26N4O2S. The molecule has 6 nitrogen and oxygen atoms in total. The van der Waals surface area contributed by atoms with Crippen molar-refractivity contribution >= 4 is 35.0 Å². The lowest BCUT2D eigenvalue weighted by Gasteiger charge is -2.23. The quantitative estimate of drug-likeness (QED) is 0.857. The van der Waals surface area contributed by atoms with Gasteiger partial charge in [0.25, 0.3) is 5.91 Å². The van der Waals surface area contributed by atoms with Crippen molar-refractivity contribution in [3.8, 4) is 0 Å². The van der Waals surface area contributed by atoms with Crippen molar-refractivity contribution in [1.29, 1.82) is 0 Å². The summed E-state index contributed by atoms with van der Waals surface area (Å²) < 4.78 is 0. The van der Waals surface area contributed by atoms with Crippen LogP contribution in [0.2, 0.25) is 0 Å². The summed E-state index contributed by atoms with van der Waals surface area (Å²) in [5, 5.41) is 6.56. The van der Waals surface area contributed by atoms with Gasteiger partial charge in [0.15, 0.2) is 0 Å². The number of hydrogen-bond acceptors (Lipinski definition) is 5. The van der Waals surface area contributed by atoms with E-state index in [9.17, 15) is 9.59 Å².